The molecule has 0 bridgehead atoms. The molecule has 0 saturated carbocycles. The molecule has 76 heavy (non-hydrogen) atoms. The maximum Gasteiger partial charge on any atom is 0.343 e. The Morgan fingerprint density at radius 2 is 1.67 bits per heavy atom. The highest BCUT2D eigenvalue weighted by Gasteiger charge is 2.46. The predicted octanol–water partition coefficient (Wildman–Crippen LogP) is 0.464. The van der Waals surface area contributed by atoms with Gasteiger partial charge in [-0.05, 0) is 80.7 Å². The van der Waals surface area contributed by atoms with Crippen molar-refractivity contribution in [3.8, 4) is 11.4 Å². The molecular formula is C53H60FN9O13. The topological polar surface area (TPSA) is 306 Å². The number of ether oxygens (including phenoxy) is 2. The van der Waals surface area contributed by atoms with Crippen molar-refractivity contribution in [1.82, 2.24) is 46.4 Å². The van der Waals surface area contributed by atoms with E-state index in [2.05, 4.69) is 31.9 Å². The van der Waals surface area contributed by atoms with Crippen LogP contribution in [0.2, 0.25) is 0 Å². The molecule has 3 aliphatic heterocycles. The van der Waals surface area contributed by atoms with Crippen molar-refractivity contribution in [1.29, 1.82) is 0 Å². The number of halogens is 1. The van der Waals surface area contributed by atoms with Crippen molar-refractivity contribution in [3.63, 3.8) is 0 Å². The van der Waals surface area contributed by atoms with E-state index in [-0.39, 0.29) is 80.9 Å². The minimum Gasteiger partial charge on any atom is -0.458 e. The van der Waals surface area contributed by atoms with Gasteiger partial charge in [0.1, 0.15) is 32.0 Å². The number of esters is 1. The Morgan fingerprint density at radius 1 is 0.921 bits per heavy atom. The Labute approximate surface area is 435 Å². The number of aliphatic hydroxyl groups is 2. The van der Waals surface area contributed by atoms with Gasteiger partial charge in [-0.1, -0.05) is 43.7 Å². The van der Waals surface area contributed by atoms with Gasteiger partial charge < -0.3 is 50.8 Å². The lowest BCUT2D eigenvalue weighted by Crippen LogP contribution is -2.54. The van der Waals surface area contributed by atoms with Gasteiger partial charge in [-0.3, -0.25) is 48.6 Å². The third-order valence-electron chi connectivity index (χ3n) is 14.1. The molecular weight excluding hydrogens is 990 g/mol. The minimum absolute atomic E-state index is 0.0478. The summed E-state index contributed by atoms with van der Waals surface area (Å²) >= 11 is 0. The van der Waals surface area contributed by atoms with Crippen LogP contribution in [0, 0.1) is 12.7 Å². The highest BCUT2D eigenvalue weighted by molar-refractivity contribution is 6.15. The first-order valence-corrected chi connectivity index (χ1v) is 25.2. The van der Waals surface area contributed by atoms with Crippen LogP contribution in [-0.4, -0.2) is 124 Å². The molecule has 0 radical (unpaired) electrons. The maximum atomic E-state index is 15.4. The smallest absolute Gasteiger partial charge is 0.343 e. The average Bonchev–Trinajstić information content (AvgIpc) is 3.97. The number of carbonyl (C=O) groups excluding carboxylic acids is 8. The number of carbonyl (C=O) groups is 8. The summed E-state index contributed by atoms with van der Waals surface area (Å²) in [7, 11) is 0. The van der Waals surface area contributed by atoms with Crippen LogP contribution in [0.25, 0.3) is 22.3 Å². The first-order valence-electron chi connectivity index (χ1n) is 25.2. The molecule has 0 fully saturated rings. The van der Waals surface area contributed by atoms with Crippen molar-refractivity contribution in [2.75, 3.05) is 39.5 Å². The summed E-state index contributed by atoms with van der Waals surface area (Å²) in [5.74, 6) is -4.82. The molecule has 8 N–H and O–H groups in total. The quantitative estimate of drug-likeness (QED) is 0.0191. The lowest BCUT2D eigenvalue weighted by Gasteiger charge is -2.31. The largest absolute Gasteiger partial charge is 0.458 e. The van der Waals surface area contributed by atoms with Crippen molar-refractivity contribution in [3.05, 3.63) is 109 Å². The number of hydrogen-bond donors (Lipinski definition) is 8. The van der Waals surface area contributed by atoms with E-state index in [1.807, 2.05) is 0 Å². The number of amides is 7. The van der Waals surface area contributed by atoms with Gasteiger partial charge in [0.25, 0.3) is 17.4 Å². The molecule has 402 valence electrons. The number of cyclic esters (lactones) is 1. The van der Waals surface area contributed by atoms with Gasteiger partial charge in [0.2, 0.25) is 29.5 Å². The van der Waals surface area contributed by atoms with E-state index in [1.54, 1.807) is 57.2 Å². The Bertz CT molecular complexity index is 3110. The SMILES string of the molecule is CC[C@@]1(O)C(=O)OCc2c1cc1n(c2=O)Cc2c-1nc1cc(F)c(C)c3c1c2[C@@H](NC(=O)COCNC(=O)CNC(=O)[C@H](Cc1ccccc1)NC(O)CNC(=O)CNC(=O)CCCCCN1C(=O)C=C(C)C1=O)CC3. The van der Waals surface area contributed by atoms with E-state index in [1.165, 1.54) is 16.7 Å². The highest BCUT2D eigenvalue weighted by atomic mass is 19.1. The van der Waals surface area contributed by atoms with Gasteiger partial charge >= 0.3 is 5.97 Å². The van der Waals surface area contributed by atoms with Crippen LogP contribution >= 0.6 is 0 Å². The first-order chi connectivity index (χ1) is 36.4. The Hall–Kier alpha value is -7.73. The monoisotopic (exact) mass is 1050 g/mol. The van der Waals surface area contributed by atoms with E-state index < -0.39 is 84.8 Å². The van der Waals surface area contributed by atoms with Crippen molar-refractivity contribution in [2.45, 2.75) is 109 Å². The number of aryl methyl sites for hydroxylation is 1. The number of unbranched alkanes of at least 4 members (excludes halogenated alkanes) is 2. The number of benzene rings is 2. The minimum atomic E-state index is -2.05. The van der Waals surface area contributed by atoms with Crippen LogP contribution in [0.15, 0.2) is 58.9 Å². The molecule has 4 aromatic rings. The second-order valence-corrected chi connectivity index (χ2v) is 19.2. The zero-order chi connectivity index (χ0) is 54.4. The lowest BCUT2D eigenvalue weighted by atomic mass is 9.81. The van der Waals surface area contributed by atoms with Crippen LogP contribution in [0.1, 0.15) is 97.4 Å². The summed E-state index contributed by atoms with van der Waals surface area (Å²) in [6, 6.07) is 10.1. The van der Waals surface area contributed by atoms with Gasteiger partial charge in [-0.25, -0.2) is 14.2 Å². The number of aromatic nitrogens is 2. The van der Waals surface area contributed by atoms with Crippen molar-refractivity contribution >= 4 is 58.2 Å². The van der Waals surface area contributed by atoms with E-state index in [4.69, 9.17) is 14.5 Å². The van der Waals surface area contributed by atoms with Crippen molar-refractivity contribution < 1.29 is 62.4 Å². The van der Waals surface area contributed by atoms with Crippen LogP contribution in [0.4, 0.5) is 4.39 Å². The fourth-order valence-electron chi connectivity index (χ4n) is 10.1. The highest BCUT2D eigenvalue weighted by Crippen LogP contribution is 2.46. The summed E-state index contributed by atoms with van der Waals surface area (Å²) in [6.45, 7) is 2.77. The molecule has 7 amide bonds. The van der Waals surface area contributed by atoms with E-state index in [9.17, 15) is 53.4 Å². The molecule has 0 saturated heterocycles. The van der Waals surface area contributed by atoms with Gasteiger partial charge in [-0.2, -0.15) is 0 Å². The van der Waals surface area contributed by atoms with Gasteiger partial charge in [0.15, 0.2) is 5.60 Å². The summed E-state index contributed by atoms with van der Waals surface area (Å²) < 4.78 is 27.6. The molecule has 4 atom stereocenters. The fraction of sp³-hybridized carbons (Fsp3) is 0.434. The third kappa shape index (κ3) is 11.7. The zero-order valence-corrected chi connectivity index (χ0v) is 42.3. The molecule has 1 aliphatic carbocycles. The Balaban J connectivity index is 0.799. The molecule has 8 rings (SSSR count). The van der Waals surface area contributed by atoms with Gasteiger partial charge in [-0.15, -0.1) is 0 Å². The number of nitrogens with one attached hydrogen (secondary N) is 6. The van der Waals surface area contributed by atoms with Crippen LogP contribution in [-0.2, 0) is 79.4 Å². The van der Waals surface area contributed by atoms with Crippen LogP contribution < -0.4 is 37.5 Å². The fourth-order valence-corrected chi connectivity index (χ4v) is 10.1. The second-order valence-electron chi connectivity index (χ2n) is 19.2. The number of pyridine rings is 2. The number of rotatable bonds is 23. The second kappa shape index (κ2) is 23.4. The first kappa shape index (κ1) is 54.5. The van der Waals surface area contributed by atoms with Gasteiger partial charge in [0, 0.05) is 47.2 Å². The number of aliphatic hydroxyl groups excluding tert-OH is 1. The Morgan fingerprint density at radius 3 is 2.41 bits per heavy atom. The van der Waals surface area contributed by atoms with E-state index in [0.29, 0.717) is 76.7 Å². The molecule has 1 unspecified atom stereocenters. The molecule has 4 aliphatic rings. The molecule has 23 heteroatoms. The summed E-state index contributed by atoms with van der Waals surface area (Å²) in [5.41, 5.74) is 2.31. The average molecular weight is 1050 g/mol. The third-order valence-corrected chi connectivity index (χ3v) is 14.1. The normalized spacial score (nSPS) is 18.0. The number of imide groups is 1. The molecule has 0 spiro atoms. The maximum absolute atomic E-state index is 15.4. The summed E-state index contributed by atoms with van der Waals surface area (Å²) in [6.07, 6.45) is 2.41. The molecule has 22 nitrogen and oxygen atoms in total. The molecule has 5 heterocycles. The number of fused-ring (bicyclic) bond motifs is 5. The standard InChI is InChI=1S/C53H60FN9O13/c1-4-53(74)34-19-39-48-32(24-63(39)51(72)33(34)25-76-52(53)73)47-36(15-14-31-29(3)35(54)20-37(61-48)46(31)47)59-44(68)26-75-27-58-42(66)22-57-49(70)38(18-30-11-7-5-8-12-30)60-43(67)23-56-41(65)21-55-40(64)13-9-6-10-16-62-45(69)17-28(2)50(62)71/h5,7-8,11-12,17,19-20,36,38,43,60,67,74H,4,6,9-10,13-16,18,21-27H2,1-3H3,(H,55,64)(H,56,65)(H,57,70)(H,58,66)(H,59,68)/t36-,38-,43?,53-/m0/s1. The summed E-state index contributed by atoms with van der Waals surface area (Å²) in [5, 5.41) is 38.5. The van der Waals surface area contributed by atoms with Gasteiger partial charge in [0.05, 0.1) is 60.7 Å². The summed E-state index contributed by atoms with van der Waals surface area (Å²) in [4.78, 5) is 121. The van der Waals surface area contributed by atoms with Crippen LogP contribution in [0.3, 0.4) is 0 Å². The van der Waals surface area contributed by atoms with Crippen molar-refractivity contribution in [2.24, 2.45) is 0 Å². The predicted molar refractivity (Wildman–Crippen MR) is 268 cm³/mol. The molecule has 2 aromatic heterocycles. The Kier molecular flexibility index (Phi) is 16.8. The number of hydrogen-bond acceptors (Lipinski definition) is 15. The van der Waals surface area contributed by atoms with E-state index in [0.717, 1.165) is 16.0 Å². The number of nitrogens with zero attached hydrogens (tertiary/aromatic N) is 3. The van der Waals surface area contributed by atoms with E-state index >= 15 is 4.39 Å². The lowest BCUT2D eigenvalue weighted by molar-refractivity contribution is -0.172. The zero-order valence-electron chi connectivity index (χ0n) is 42.3. The van der Waals surface area contributed by atoms with Crippen LogP contribution in [0.5, 0.6) is 0 Å². The molecule has 2 aromatic carbocycles.